The van der Waals surface area contributed by atoms with Gasteiger partial charge in [-0.05, 0) is 30.5 Å². The highest BCUT2D eigenvalue weighted by Gasteiger charge is 2.24. The van der Waals surface area contributed by atoms with Crippen molar-refractivity contribution in [2.45, 2.75) is 12.3 Å². The van der Waals surface area contributed by atoms with E-state index in [1.807, 2.05) is 0 Å². The van der Waals surface area contributed by atoms with Gasteiger partial charge in [0.1, 0.15) is 0 Å². The van der Waals surface area contributed by atoms with Crippen molar-refractivity contribution in [2.24, 2.45) is 5.73 Å². The van der Waals surface area contributed by atoms with E-state index in [0.29, 0.717) is 5.92 Å². The molecule has 0 bridgehead atoms. The Balaban J connectivity index is 2.04. The van der Waals surface area contributed by atoms with Gasteiger partial charge < -0.3 is 10.6 Å². The van der Waals surface area contributed by atoms with Gasteiger partial charge in [-0.25, -0.2) is 0 Å². The number of hydrogen-bond acceptors (Lipinski definition) is 2. The third-order valence-corrected chi connectivity index (χ3v) is 3.78. The fourth-order valence-electron chi connectivity index (χ4n) is 2.28. The summed E-state index contributed by atoms with van der Waals surface area (Å²) in [6.45, 7) is 4.13. The molecule has 1 saturated heterocycles. The van der Waals surface area contributed by atoms with Crippen LogP contribution in [0.5, 0.6) is 0 Å². The minimum Gasteiger partial charge on any atom is -0.329 e. The quantitative estimate of drug-likeness (QED) is 0.911. The molecule has 1 unspecified atom stereocenters. The second-order valence-corrected chi connectivity index (χ2v) is 4.95. The summed E-state index contributed by atoms with van der Waals surface area (Å²) in [5.74, 6) is 0.673. The lowest BCUT2D eigenvalue weighted by atomic mass is 9.99. The van der Waals surface area contributed by atoms with Crippen molar-refractivity contribution in [3.05, 3.63) is 34.3 Å². The molecule has 15 heavy (non-hydrogen) atoms. The minimum atomic E-state index is 0.673. The average molecular weight is 269 g/mol. The second kappa shape index (κ2) is 5.10. The summed E-state index contributed by atoms with van der Waals surface area (Å²) >= 11 is 3.62. The van der Waals surface area contributed by atoms with Gasteiger partial charge in [-0.15, -0.1) is 0 Å². The van der Waals surface area contributed by atoms with Gasteiger partial charge in [0.2, 0.25) is 0 Å². The van der Waals surface area contributed by atoms with E-state index in [2.05, 4.69) is 45.1 Å². The number of nitrogens with zero attached hydrogens (tertiary/aromatic N) is 1. The lowest BCUT2D eigenvalue weighted by Gasteiger charge is -2.15. The first-order valence-corrected chi connectivity index (χ1v) is 6.27. The normalized spacial score (nSPS) is 22.1. The number of nitrogens with two attached hydrogens (primary N) is 1. The topological polar surface area (TPSA) is 29.3 Å². The lowest BCUT2D eigenvalue weighted by molar-refractivity contribution is 0.344. The highest BCUT2D eigenvalue weighted by molar-refractivity contribution is 9.10. The van der Waals surface area contributed by atoms with Crippen molar-refractivity contribution in [3.63, 3.8) is 0 Å². The molecular weight excluding hydrogens is 252 g/mol. The largest absolute Gasteiger partial charge is 0.329 e. The molecule has 1 aliphatic heterocycles. The van der Waals surface area contributed by atoms with Gasteiger partial charge in [0, 0.05) is 24.1 Å². The van der Waals surface area contributed by atoms with E-state index in [0.717, 1.165) is 19.6 Å². The van der Waals surface area contributed by atoms with E-state index in [1.54, 1.807) is 0 Å². The summed E-state index contributed by atoms with van der Waals surface area (Å²) in [6, 6.07) is 8.54. The number of likely N-dealkylation sites (tertiary alicyclic amines) is 1. The fraction of sp³-hybridized carbons (Fsp3) is 0.500. The predicted octanol–water partition coefficient (Wildman–Crippen LogP) is 2.20. The Morgan fingerprint density at radius 1 is 1.40 bits per heavy atom. The highest BCUT2D eigenvalue weighted by Crippen LogP contribution is 2.31. The van der Waals surface area contributed by atoms with Crippen LogP contribution >= 0.6 is 15.9 Å². The Bertz CT molecular complexity index is 327. The number of halogens is 1. The summed E-state index contributed by atoms with van der Waals surface area (Å²) in [5.41, 5.74) is 7.01. The molecule has 1 heterocycles. The van der Waals surface area contributed by atoms with Crippen LogP contribution in [0.4, 0.5) is 0 Å². The summed E-state index contributed by atoms with van der Waals surface area (Å²) in [4.78, 5) is 2.45. The molecule has 82 valence electrons. The fourth-order valence-corrected chi connectivity index (χ4v) is 2.89. The molecule has 0 spiro atoms. The van der Waals surface area contributed by atoms with Crippen LogP contribution in [0.3, 0.4) is 0 Å². The van der Waals surface area contributed by atoms with Gasteiger partial charge in [-0.1, -0.05) is 34.1 Å². The van der Waals surface area contributed by atoms with Gasteiger partial charge >= 0.3 is 0 Å². The monoisotopic (exact) mass is 268 g/mol. The van der Waals surface area contributed by atoms with Crippen LogP contribution in [-0.4, -0.2) is 31.1 Å². The molecule has 0 radical (unpaired) electrons. The first-order chi connectivity index (χ1) is 7.31. The van der Waals surface area contributed by atoms with E-state index >= 15 is 0 Å². The van der Waals surface area contributed by atoms with E-state index in [9.17, 15) is 0 Å². The zero-order chi connectivity index (χ0) is 10.7. The summed E-state index contributed by atoms with van der Waals surface area (Å²) in [5, 5.41) is 0. The van der Waals surface area contributed by atoms with Crippen LogP contribution in [0, 0.1) is 0 Å². The number of hydrogen-bond donors (Lipinski definition) is 1. The molecule has 0 aromatic heterocycles. The van der Waals surface area contributed by atoms with Crippen molar-refractivity contribution < 1.29 is 0 Å². The molecular formula is C12H17BrN2. The van der Waals surface area contributed by atoms with Gasteiger partial charge in [0.05, 0.1) is 0 Å². The summed E-state index contributed by atoms with van der Waals surface area (Å²) < 4.78 is 1.24. The van der Waals surface area contributed by atoms with Crippen LogP contribution in [-0.2, 0) is 0 Å². The van der Waals surface area contributed by atoms with Gasteiger partial charge in [0.25, 0.3) is 0 Å². The predicted molar refractivity (Wildman–Crippen MR) is 67.0 cm³/mol. The van der Waals surface area contributed by atoms with E-state index in [4.69, 9.17) is 5.73 Å². The number of benzene rings is 1. The maximum Gasteiger partial charge on any atom is 0.0210 e. The van der Waals surface area contributed by atoms with Crippen LogP contribution in [0.25, 0.3) is 0 Å². The Morgan fingerprint density at radius 2 is 2.20 bits per heavy atom. The van der Waals surface area contributed by atoms with Crippen LogP contribution in [0.15, 0.2) is 28.7 Å². The third-order valence-electron chi connectivity index (χ3n) is 3.06. The molecule has 0 aliphatic carbocycles. The van der Waals surface area contributed by atoms with E-state index < -0.39 is 0 Å². The van der Waals surface area contributed by atoms with Crippen molar-refractivity contribution in [3.8, 4) is 0 Å². The first kappa shape index (κ1) is 11.1. The molecule has 1 aliphatic rings. The summed E-state index contributed by atoms with van der Waals surface area (Å²) in [7, 11) is 0. The van der Waals surface area contributed by atoms with Crippen molar-refractivity contribution in [1.29, 1.82) is 0 Å². The lowest BCUT2D eigenvalue weighted by Crippen LogP contribution is -2.27. The van der Waals surface area contributed by atoms with Crippen LogP contribution < -0.4 is 5.73 Å². The van der Waals surface area contributed by atoms with Gasteiger partial charge in [-0.2, -0.15) is 0 Å². The zero-order valence-corrected chi connectivity index (χ0v) is 10.4. The second-order valence-electron chi connectivity index (χ2n) is 4.10. The smallest absolute Gasteiger partial charge is 0.0210 e. The summed E-state index contributed by atoms with van der Waals surface area (Å²) in [6.07, 6.45) is 1.25. The SMILES string of the molecule is NCCN1CCC(c2ccccc2Br)C1. The molecule has 1 atom stereocenters. The molecule has 3 heteroatoms. The van der Waals surface area contributed by atoms with Gasteiger partial charge in [0.15, 0.2) is 0 Å². The van der Waals surface area contributed by atoms with Crippen LogP contribution in [0.2, 0.25) is 0 Å². The molecule has 0 saturated carbocycles. The minimum absolute atomic E-state index is 0.673. The number of rotatable bonds is 3. The Morgan fingerprint density at radius 3 is 2.93 bits per heavy atom. The molecule has 0 amide bonds. The first-order valence-electron chi connectivity index (χ1n) is 5.48. The van der Waals surface area contributed by atoms with Crippen molar-refractivity contribution >= 4 is 15.9 Å². The maximum absolute atomic E-state index is 5.57. The Kier molecular flexibility index (Phi) is 3.78. The molecule has 1 aromatic carbocycles. The van der Waals surface area contributed by atoms with Crippen molar-refractivity contribution in [1.82, 2.24) is 4.90 Å². The van der Waals surface area contributed by atoms with E-state index in [-0.39, 0.29) is 0 Å². The van der Waals surface area contributed by atoms with Crippen LogP contribution in [0.1, 0.15) is 17.9 Å². The van der Waals surface area contributed by atoms with Gasteiger partial charge in [-0.3, -0.25) is 0 Å². The van der Waals surface area contributed by atoms with E-state index in [1.165, 1.54) is 23.0 Å². The molecule has 2 rings (SSSR count). The Hall–Kier alpha value is -0.380. The highest BCUT2D eigenvalue weighted by atomic mass is 79.9. The third kappa shape index (κ3) is 2.60. The molecule has 2 nitrogen and oxygen atoms in total. The molecule has 1 aromatic rings. The maximum atomic E-state index is 5.57. The average Bonchev–Trinajstić information content (AvgIpc) is 2.68. The zero-order valence-electron chi connectivity index (χ0n) is 8.82. The molecule has 1 fully saturated rings. The standard InChI is InChI=1S/C12H17BrN2/c13-12-4-2-1-3-11(12)10-5-7-15(9-10)8-6-14/h1-4,10H,5-9,14H2. The molecule has 2 N–H and O–H groups in total. The van der Waals surface area contributed by atoms with Crippen molar-refractivity contribution in [2.75, 3.05) is 26.2 Å². The Labute approximate surface area is 99.6 Å².